The van der Waals surface area contributed by atoms with Gasteiger partial charge in [-0.3, -0.25) is 9.78 Å². The summed E-state index contributed by atoms with van der Waals surface area (Å²) in [5.41, 5.74) is 3.55. The highest BCUT2D eigenvalue weighted by molar-refractivity contribution is 5.94. The fraction of sp³-hybridized carbons (Fsp3) is 0.208. The number of nitrogens with one attached hydrogen (secondary N) is 1. The van der Waals surface area contributed by atoms with Gasteiger partial charge in [0.2, 0.25) is 0 Å². The van der Waals surface area contributed by atoms with Crippen molar-refractivity contribution in [3.8, 4) is 22.8 Å². The van der Waals surface area contributed by atoms with Gasteiger partial charge in [0.05, 0.1) is 32.0 Å². The fourth-order valence-corrected chi connectivity index (χ4v) is 3.50. The molecule has 1 N–H and O–H groups in total. The number of fused-ring (bicyclic) bond motifs is 1. The maximum atomic E-state index is 12.4. The standard InChI is InChI=1S/C24H22N2O5/c1-29-18-9-6-15(7-10-18)23(27)26-14-19-12-16-4-3-5-20(22(16)31-19)21-11-8-17(13-25-21)24(28)30-2/h3-11,13,19H,12,14H2,1-2H3,(H,26,27). The first-order valence-electron chi connectivity index (χ1n) is 9.84. The zero-order chi connectivity index (χ0) is 21.8. The summed E-state index contributed by atoms with van der Waals surface area (Å²) in [6, 6.07) is 16.3. The fourth-order valence-electron chi connectivity index (χ4n) is 3.50. The number of esters is 1. The predicted octanol–water partition coefficient (Wildman–Crippen LogP) is 3.28. The van der Waals surface area contributed by atoms with Gasteiger partial charge in [0.15, 0.2) is 0 Å². The SMILES string of the molecule is COC(=O)c1ccc(-c2cccc3c2OC(CNC(=O)c2ccc(OC)cc2)C3)nc1. The minimum Gasteiger partial charge on any atom is -0.497 e. The lowest BCUT2D eigenvalue weighted by atomic mass is 10.0. The monoisotopic (exact) mass is 418 g/mol. The lowest BCUT2D eigenvalue weighted by Gasteiger charge is -2.13. The molecule has 0 radical (unpaired) electrons. The highest BCUT2D eigenvalue weighted by atomic mass is 16.5. The van der Waals surface area contributed by atoms with Crippen LogP contribution in [0.15, 0.2) is 60.8 Å². The Morgan fingerprint density at radius 2 is 1.84 bits per heavy atom. The molecule has 2 heterocycles. The van der Waals surface area contributed by atoms with Gasteiger partial charge >= 0.3 is 5.97 Å². The van der Waals surface area contributed by atoms with E-state index in [4.69, 9.17) is 14.2 Å². The number of para-hydroxylation sites is 1. The quantitative estimate of drug-likeness (QED) is 0.619. The summed E-state index contributed by atoms with van der Waals surface area (Å²) in [7, 11) is 2.92. The summed E-state index contributed by atoms with van der Waals surface area (Å²) in [5.74, 6) is 0.861. The first kappa shape index (κ1) is 20.4. The van der Waals surface area contributed by atoms with Crippen LogP contribution in [0.2, 0.25) is 0 Å². The number of hydrogen-bond acceptors (Lipinski definition) is 6. The van der Waals surface area contributed by atoms with Crippen molar-refractivity contribution in [3.63, 3.8) is 0 Å². The number of nitrogens with zero attached hydrogens (tertiary/aromatic N) is 1. The molecule has 7 heteroatoms. The van der Waals surface area contributed by atoms with Crippen LogP contribution in [0.1, 0.15) is 26.3 Å². The number of benzene rings is 2. The van der Waals surface area contributed by atoms with Crippen molar-refractivity contribution in [2.45, 2.75) is 12.5 Å². The molecule has 4 rings (SSSR count). The van der Waals surface area contributed by atoms with E-state index in [2.05, 4.69) is 10.3 Å². The third-order valence-electron chi connectivity index (χ3n) is 5.13. The van der Waals surface area contributed by atoms with Crippen molar-refractivity contribution < 1.29 is 23.8 Å². The molecule has 2 aromatic carbocycles. The summed E-state index contributed by atoms with van der Waals surface area (Å²) in [6.45, 7) is 0.383. The molecule has 3 aromatic rings. The average Bonchev–Trinajstić information content (AvgIpc) is 3.25. The molecule has 7 nitrogen and oxygen atoms in total. The summed E-state index contributed by atoms with van der Waals surface area (Å²) >= 11 is 0. The predicted molar refractivity (Wildman–Crippen MR) is 114 cm³/mol. The maximum Gasteiger partial charge on any atom is 0.339 e. The highest BCUT2D eigenvalue weighted by Crippen LogP contribution is 2.38. The Labute approximate surface area is 180 Å². The Kier molecular flexibility index (Phi) is 5.84. The van der Waals surface area contributed by atoms with Gasteiger partial charge in [0, 0.05) is 23.7 Å². The number of carbonyl (C=O) groups is 2. The van der Waals surface area contributed by atoms with Gasteiger partial charge in [-0.15, -0.1) is 0 Å². The minimum atomic E-state index is -0.429. The second kappa shape index (κ2) is 8.87. The number of aromatic nitrogens is 1. The van der Waals surface area contributed by atoms with E-state index in [9.17, 15) is 9.59 Å². The molecule has 0 saturated heterocycles. The first-order valence-corrected chi connectivity index (χ1v) is 9.84. The van der Waals surface area contributed by atoms with Crippen LogP contribution in [0.4, 0.5) is 0 Å². The molecule has 0 saturated carbocycles. The lowest BCUT2D eigenvalue weighted by Crippen LogP contribution is -2.34. The van der Waals surface area contributed by atoms with E-state index in [0.29, 0.717) is 35.5 Å². The van der Waals surface area contributed by atoms with Crippen LogP contribution in [0.3, 0.4) is 0 Å². The molecule has 31 heavy (non-hydrogen) atoms. The van der Waals surface area contributed by atoms with Crippen LogP contribution < -0.4 is 14.8 Å². The molecule has 1 amide bonds. The topological polar surface area (TPSA) is 86.8 Å². The molecule has 0 spiro atoms. The third kappa shape index (κ3) is 4.35. The number of hydrogen-bond donors (Lipinski definition) is 1. The summed E-state index contributed by atoms with van der Waals surface area (Å²) < 4.78 is 16.0. The molecule has 1 aromatic heterocycles. The Morgan fingerprint density at radius 1 is 1.06 bits per heavy atom. The van der Waals surface area contributed by atoms with E-state index in [1.165, 1.54) is 13.3 Å². The molecule has 0 aliphatic carbocycles. The van der Waals surface area contributed by atoms with Gasteiger partial charge in [-0.25, -0.2) is 4.79 Å². The number of ether oxygens (including phenoxy) is 3. The number of methoxy groups -OCH3 is 2. The van der Waals surface area contributed by atoms with Crippen LogP contribution >= 0.6 is 0 Å². The molecular weight excluding hydrogens is 396 g/mol. The Hall–Kier alpha value is -3.87. The van der Waals surface area contributed by atoms with Crippen molar-refractivity contribution in [1.29, 1.82) is 0 Å². The molecule has 0 bridgehead atoms. The molecule has 1 aliphatic heterocycles. The summed E-state index contributed by atoms with van der Waals surface area (Å²) in [6.07, 6.45) is 2.00. The molecule has 158 valence electrons. The lowest BCUT2D eigenvalue weighted by molar-refractivity contribution is 0.0600. The van der Waals surface area contributed by atoms with E-state index in [0.717, 1.165) is 16.9 Å². The second-order valence-corrected chi connectivity index (χ2v) is 7.10. The largest absolute Gasteiger partial charge is 0.497 e. The normalized spacial score (nSPS) is 14.3. The van der Waals surface area contributed by atoms with Crippen LogP contribution in [0.25, 0.3) is 11.3 Å². The van der Waals surface area contributed by atoms with Crippen LogP contribution in [-0.4, -0.2) is 43.7 Å². The number of carbonyl (C=O) groups excluding carboxylic acids is 2. The smallest absolute Gasteiger partial charge is 0.339 e. The van der Waals surface area contributed by atoms with Crippen LogP contribution in [0.5, 0.6) is 11.5 Å². The van der Waals surface area contributed by atoms with Crippen molar-refractivity contribution in [2.75, 3.05) is 20.8 Å². The molecule has 0 fully saturated rings. The van der Waals surface area contributed by atoms with E-state index in [1.807, 2.05) is 18.2 Å². The summed E-state index contributed by atoms with van der Waals surface area (Å²) in [5, 5.41) is 2.93. The van der Waals surface area contributed by atoms with E-state index < -0.39 is 5.97 Å². The Bertz CT molecular complexity index is 1090. The average molecular weight is 418 g/mol. The van der Waals surface area contributed by atoms with Crippen molar-refractivity contribution in [2.24, 2.45) is 0 Å². The zero-order valence-electron chi connectivity index (χ0n) is 17.3. The third-order valence-corrected chi connectivity index (χ3v) is 5.13. The minimum absolute atomic E-state index is 0.164. The number of pyridine rings is 1. The first-order chi connectivity index (χ1) is 15.1. The molecular formula is C24H22N2O5. The van der Waals surface area contributed by atoms with Crippen molar-refractivity contribution >= 4 is 11.9 Å². The second-order valence-electron chi connectivity index (χ2n) is 7.10. The van der Waals surface area contributed by atoms with Crippen molar-refractivity contribution in [3.05, 3.63) is 77.5 Å². The van der Waals surface area contributed by atoms with Gasteiger partial charge in [-0.1, -0.05) is 12.1 Å². The van der Waals surface area contributed by atoms with Gasteiger partial charge in [-0.05, 0) is 48.0 Å². The van der Waals surface area contributed by atoms with Gasteiger partial charge in [0.25, 0.3) is 5.91 Å². The van der Waals surface area contributed by atoms with E-state index in [1.54, 1.807) is 43.5 Å². The number of rotatable bonds is 6. The number of amides is 1. The van der Waals surface area contributed by atoms with Crippen molar-refractivity contribution in [1.82, 2.24) is 10.3 Å². The van der Waals surface area contributed by atoms with Gasteiger partial charge in [-0.2, -0.15) is 0 Å². The van der Waals surface area contributed by atoms with Gasteiger partial charge in [0.1, 0.15) is 17.6 Å². The highest BCUT2D eigenvalue weighted by Gasteiger charge is 2.26. The zero-order valence-corrected chi connectivity index (χ0v) is 17.3. The summed E-state index contributed by atoms with van der Waals surface area (Å²) in [4.78, 5) is 28.4. The molecule has 1 aliphatic rings. The molecule has 1 atom stereocenters. The molecule has 1 unspecified atom stereocenters. The maximum absolute atomic E-state index is 12.4. The van der Waals surface area contributed by atoms with Gasteiger partial charge < -0.3 is 19.5 Å². The van der Waals surface area contributed by atoms with Crippen LogP contribution in [-0.2, 0) is 11.2 Å². The van der Waals surface area contributed by atoms with Crippen LogP contribution in [0, 0.1) is 0 Å². The van der Waals surface area contributed by atoms with E-state index in [-0.39, 0.29) is 12.0 Å². The Morgan fingerprint density at radius 3 is 2.52 bits per heavy atom. The Balaban J connectivity index is 1.43. The van der Waals surface area contributed by atoms with E-state index >= 15 is 0 Å².